The van der Waals surface area contributed by atoms with Crippen LogP contribution in [-0.2, 0) is 18.4 Å². The van der Waals surface area contributed by atoms with Gasteiger partial charge < -0.3 is 19.8 Å². The van der Waals surface area contributed by atoms with Gasteiger partial charge in [-0.3, -0.25) is 0 Å². The second kappa shape index (κ2) is 4.13. The van der Waals surface area contributed by atoms with Crippen LogP contribution in [-0.4, -0.2) is 47.0 Å². The maximum atomic E-state index is 10.5. The van der Waals surface area contributed by atoms with E-state index in [0.717, 1.165) is 30.7 Å². The molecule has 2 aliphatic heterocycles. The van der Waals surface area contributed by atoms with Crippen LogP contribution in [0.4, 0.5) is 0 Å². The van der Waals surface area contributed by atoms with Gasteiger partial charge in [0.15, 0.2) is 0 Å². The minimum atomic E-state index is -0.565. The Balaban J connectivity index is 1.82. The summed E-state index contributed by atoms with van der Waals surface area (Å²) in [6.45, 7) is 1.02. The molecule has 5 atom stereocenters. The van der Waals surface area contributed by atoms with E-state index in [1.807, 2.05) is 12.1 Å². The summed E-state index contributed by atoms with van der Waals surface area (Å²) in [4.78, 5) is 2.45. The molecule has 2 unspecified atom stereocenters. The van der Waals surface area contributed by atoms with Crippen molar-refractivity contribution >= 4 is 0 Å². The van der Waals surface area contributed by atoms with E-state index < -0.39 is 6.10 Å². The number of piperidine rings is 1. The van der Waals surface area contributed by atoms with Gasteiger partial charge in [0.2, 0.25) is 0 Å². The number of rotatable bonds is 1. The molecule has 2 aliphatic carbocycles. The highest BCUT2D eigenvalue weighted by Crippen LogP contribution is 2.61. The zero-order valence-corrected chi connectivity index (χ0v) is 12.7. The van der Waals surface area contributed by atoms with Gasteiger partial charge in [-0.2, -0.15) is 0 Å². The molecule has 0 radical (unpaired) electrons. The Kier molecular flexibility index (Phi) is 2.46. The van der Waals surface area contributed by atoms with Crippen molar-refractivity contribution in [3.8, 4) is 5.75 Å². The lowest BCUT2D eigenvalue weighted by Crippen LogP contribution is -2.64. The molecule has 22 heavy (non-hydrogen) atoms. The normalized spacial score (nSPS) is 41.2. The first-order valence-corrected chi connectivity index (χ1v) is 8.16. The molecule has 0 saturated carbocycles. The first-order chi connectivity index (χ1) is 10.7. The molecule has 4 heteroatoms. The number of benzene rings is 1. The van der Waals surface area contributed by atoms with Gasteiger partial charge in [0.05, 0.1) is 6.61 Å². The van der Waals surface area contributed by atoms with Crippen LogP contribution in [0.2, 0.25) is 0 Å². The summed E-state index contributed by atoms with van der Waals surface area (Å²) in [5.41, 5.74) is 3.36. The lowest BCUT2D eigenvalue weighted by molar-refractivity contribution is -0.0453. The molecule has 2 bridgehead atoms. The zero-order valence-electron chi connectivity index (χ0n) is 12.7. The van der Waals surface area contributed by atoms with Crippen LogP contribution in [0.5, 0.6) is 5.75 Å². The van der Waals surface area contributed by atoms with Gasteiger partial charge >= 0.3 is 0 Å². The van der Waals surface area contributed by atoms with E-state index in [4.69, 9.17) is 4.74 Å². The molecule has 1 aromatic carbocycles. The Morgan fingerprint density at radius 2 is 2.23 bits per heavy atom. The van der Waals surface area contributed by atoms with Gasteiger partial charge in [-0.05, 0) is 32.0 Å². The van der Waals surface area contributed by atoms with E-state index in [1.165, 1.54) is 11.1 Å². The van der Waals surface area contributed by atoms with Gasteiger partial charge in [0.25, 0.3) is 0 Å². The standard InChI is InChI=1S/C18H21NO3/c1-19-7-6-18-12-4-5-14(21)17(18)22-16-11(9-20)3-2-10(15(16)18)8-13(12)19/h2-5,12-14,17,20-21H,6-9H2,1H3/t12?,13-,14?,17+,18+/m1/s1. The molecular weight excluding hydrogens is 278 g/mol. The molecule has 5 rings (SSSR count). The highest BCUT2D eigenvalue weighted by atomic mass is 16.5. The summed E-state index contributed by atoms with van der Waals surface area (Å²) in [5, 5.41) is 20.2. The van der Waals surface area contributed by atoms with E-state index >= 15 is 0 Å². The van der Waals surface area contributed by atoms with Crippen LogP contribution in [0.3, 0.4) is 0 Å². The SMILES string of the molecule is CN1CC[C@]23c4c5ccc(CO)c4O[C@H]2C(O)C=CC3[C@H]1C5. The van der Waals surface area contributed by atoms with Gasteiger partial charge in [0.1, 0.15) is 18.0 Å². The van der Waals surface area contributed by atoms with Crippen LogP contribution in [0.1, 0.15) is 23.1 Å². The van der Waals surface area contributed by atoms with E-state index in [-0.39, 0.29) is 18.1 Å². The fourth-order valence-corrected chi connectivity index (χ4v) is 5.43. The topological polar surface area (TPSA) is 52.9 Å². The van der Waals surface area contributed by atoms with Crippen LogP contribution in [0.15, 0.2) is 24.3 Å². The fraction of sp³-hybridized carbons (Fsp3) is 0.556. The van der Waals surface area contributed by atoms with Crippen LogP contribution in [0.25, 0.3) is 0 Å². The zero-order chi connectivity index (χ0) is 15.1. The summed E-state index contributed by atoms with van der Waals surface area (Å²) in [6, 6.07) is 4.62. The number of hydrogen-bond acceptors (Lipinski definition) is 4. The number of ether oxygens (including phenoxy) is 1. The molecule has 0 amide bonds. The van der Waals surface area contributed by atoms with Gasteiger partial charge in [-0.15, -0.1) is 0 Å². The fourth-order valence-electron chi connectivity index (χ4n) is 5.43. The highest BCUT2D eigenvalue weighted by Gasteiger charge is 2.63. The largest absolute Gasteiger partial charge is 0.486 e. The van der Waals surface area contributed by atoms with Crippen LogP contribution >= 0.6 is 0 Å². The molecule has 4 aliphatic rings. The van der Waals surface area contributed by atoms with Gasteiger partial charge in [-0.1, -0.05) is 24.3 Å². The Hall–Kier alpha value is -1.36. The molecule has 1 saturated heterocycles. The Morgan fingerprint density at radius 3 is 3.05 bits per heavy atom. The molecule has 1 spiro atoms. The summed E-state index contributed by atoms with van der Waals surface area (Å²) in [5.74, 6) is 1.24. The quantitative estimate of drug-likeness (QED) is 0.759. The minimum absolute atomic E-state index is 0.0110. The van der Waals surface area contributed by atoms with Crippen molar-refractivity contribution in [1.29, 1.82) is 0 Å². The molecule has 2 heterocycles. The Labute approximate surface area is 130 Å². The average molecular weight is 299 g/mol. The lowest BCUT2D eigenvalue weighted by atomic mass is 9.53. The molecule has 2 N–H and O–H groups in total. The predicted molar refractivity (Wildman–Crippen MR) is 81.8 cm³/mol. The number of likely N-dealkylation sites (N-methyl/N-ethyl adjacent to an activating group) is 1. The molecule has 4 nitrogen and oxygen atoms in total. The molecule has 1 aromatic rings. The van der Waals surface area contributed by atoms with E-state index in [1.54, 1.807) is 0 Å². The van der Waals surface area contributed by atoms with E-state index in [9.17, 15) is 10.2 Å². The highest BCUT2D eigenvalue weighted by molar-refractivity contribution is 5.59. The first kappa shape index (κ1) is 13.1. The van der Waals surface area contributed by atoms with E-state index in [0.29, 0.717) is 12.0 Å². The van der Waals surface area contributed by atoms with Gasteiger partial charge in [0, 0.05) is 28.5 Å². The third-order valence-corrected chi connectivity index (χ3v) is 6.42. The van der Waals surface area contributed by atoms with Crippen molar-refractivity contribution in [2.24, 2.45) is 5.92 Å². The molecule has 1 fully saturated rings. The second-order valence-electron chi connectivity index (χ2n) is 7.23. The van der Waals surface area contributed by atoms with Crippen LogP contribution in [0, 0.1) is 5.92 Å². The minimum Gasteiger partial charge on any atom is -0.486 e. The predicted octanol–water partition coefficient (Wildman–Crippen LogP) is 0.985. The average Bonchev–Trinajstić information content (AvgIpc) is 2.88. The van der Waals surface area contributed by atoms with Crippen molar-refractivity contribution in [1.82, 2.24) is 4.90 Å². The third kappa shape index (κ3) is 1.31. The number of likely N-dealkylation sites (tertiary alicyclic amines) is 1. The third-order valence-electron chi connectivity index (χ3n) is 6.42. The number of nitrogens with zero attached hydrogens (tertiary/aromatic N) is 1. The lowest BCUT2D eigenvalue weighted by Gasteiger charge is -2.56. The summed E-state index contributed by atoms with van der Waals surface area (Å²) < 4.78 is 6.27. The number of hydrogen-bond donors (Lipinski definition) is 2. The summed E-state index contributed by atoms with van der Waals surface area (Å²) in [7, 11) is 2.20. The molecule has 0 aromatic heterocycles. The maximum Gasteiger partial charge on any atom is 0.138 e. The van der Waals surface area contributed by atoms with Gasteiger partial charge in [-0.25, -0.2) is 0 Å². The smallest absolute Gasteiger partial charge is 0.138 e. The second-order valence-corrected chi connectivity index (χ2v) is 7.23. The number of aliphatic hydroxyl groups is 2. The monoisotopic (exact) mass is 299 g/mol. The molecular formula is C18H21NO3. The van der Waals surface area contributed by atoms with Crippen molar-refractivity contribution in [3.05, 3.63) is 41.0 Å². The summed E-state index contributed by atoms with van der Waals surface area (Å²) >= 11 is 0. The summed E-state index contributed by atoms with van der Waals surface area (Å²) in [6.07, 6.45) is 5.38. The van der Waals surface area contributed by atoms with Crippen molar-refractivity contribution in [2.75, 3.05) is 13.6 Å². The maximum absolute atomic E-state index is 10.5. The van der Waals surface area contributed by atoms with Crippen molar-refractivity contribution < 1.29 is 14.9 Å². The Morgan fingerprint density at radius 1 is 1.36 bits per heavy atom. The molecule has 116 valence electrons. The van der Waals surface area contributed by atoms with E-state index in [2.05, 4.69) is 24.1 Å². The first-order valence-electron chi connectivity index (χ1n) is 8.16. The number of aliphatic hydroxyl groups excluding tert-OH is 2. The van der Waals surface area contributed by atoms with Crippen molar-refractivity contribution in [3.63, 3.8) is 0 Å². The van der Waals surface area contributed by atoms with Crippen LogP contribution < -0.4 is 4.74 Å². The van der Waals surface area contributed by atoms with Crippen molar-refractivity contribution in [2.45, 2.75) is 43.1 Å². The Bertz CT molecular complexity index is 685.